The number of nitrogens with one attached hydrogen (secondary N) is 1. The summed E-state index contributed by atoms with van der Waals surface area (Å²) in [4.78, 5) is 39.7. The maximum Gasteiger partial charge on any atom is 0.303 e. The first-order valence-electron chi connectivity index (χ1n) is 13.1. The molecule has 2 aromatic heterocycles. The number of halogens is 1. The maximum absolute atomic E-state index is 13.5. The Bertz CT molecular complexity index is 1710. The lowest BCUT2D eigenvalue weighted by Crippen LogP contribution is -2.35. The van der Waals surface area contributed by atoms with Gasteiger partial charge in [0.25, 0.3) is 5.91 Å². The zero-order valence-electron chi connectivity index (χ0n) is 21.3. The molecule has 1 aliphatic heterocycles. The number of carbonyl (C=O) groups excluding carboxylic acids is 1. The van der Waals surface area contributed by atoms with Crippen LogP contribution in [-0.4, -0.2) is 43.4 Å². The molecule has 1 amide bonds. The second-order valence-corrected chi connectivity index (χ2v) is 10.4. The van der Waals surface area contributed by atoms with E-state index in [1.165, 1.54) is 10.9 Å². The lowest BCUT2D eigenvalue weighted by atomic mass is 10.0. The first-order valence-corrected chi connectivity index (χ1v) is 13.5. The van der Waals surface area contributed by atoms with Crippen LogP contribution in [0.4, 0.5) is 0 Å². The summed E-state index contributed by atoms with van der Waals surface area (Å²) in [5.74, 6) is -0.842. The van der Waals surface area contributed by atoms with E-state index in [9.17, 15) is 9.59 Å². The van der Waals surface area contributed by atoms with Crippen LogP contribution in [0.25, 0.3) is 33.2 Å². The van der Waals surface area contributed by atoms with Crippen LogP contribution in [0.3, 0.4) is 0 Å². The van der Waals surface area contributed by atoms with Crippen LogP contribution < -0.4 is 0 Å². The minimum atomic E-state index is -0.807. The lowest BCUT2D eigenvalue weighted by Gasteiger charge is -2.27. The summed E-state index contributed by atoms with van der Waals surface area (Å²) in [6, 6.07) is 21.2. The molecule has 3 aromatic carbocycles. The average Bonchev–Trinajstić information content (AvgIpc) is 3.32. The van der Waals surface area contributed by atoms with E-state index in [1.54, 1.807) is 0 Å². The molecule has 0 saturated carbocycles. The fourth-order valence-corrected chi connectivity index (χ4v) is 5.48. The molecule has 196 valence electrons. The van der Waals surface area contributed by atoms with Crippen molar-refractivity contribution in [3.63, 3.8) is 0 Å². The number of carboxylic acid groups (broad SMARTS) is 1. The van der Waals surface area contributed by atoms with E-state index in [0.29, 0.717) is 54.0 Å². The van der Waals surface area contributed by atoms with Crippen LogP contribution in [0.15, 0.2) is 66.7 Å². The number of H-pyrrole nitrogens is 1. The lowest BCUT2D eigenvalue weighted by molar-refractivity contribution is -0.137. The highest BCUT2D eigenvalue weighted by Gasteiger charge is 2.25. The van der Waals surface area contributed by atoms with E-state index in [1.807, 2.05) is 59.5 Å². The number of amides is 1. The third kappa shape index (κ3) is 5.10. The Morgan fingerprint density at radius 1 is 0.974 bits per heavy atom. The highest BCUT2D eigenvalue weighted by atomic mass is 35.5. The first kappa shape index (κ1) is 25.1. The summed E-state index contributed by atoms with van der Waals surface area (Å²) in [6.07, 6.45) is 2.74. The number of aromatic amines is 1. The zero-order chi connectivity index (χ0) is 26.9. The molecule has 6 rings (SSSR count). The van der Waals surface area contributed by atoms with Crippen molar-refractivity contribution in [2.45, 2.75) is 38.6 Å². The Labute approximate surface area is 230 Å². The molecule has 8 heteroatoms. The van der Waals surface area contributed by atoms with Gasteiger partial charge in [-0.3, -0.25) is 9.59 Å². The Morgan fingerprint density at radius 3 is 2.62 bits per heavy atom. The molecular weight excluding hydrogens is 512 g/mol. The number of unbranched alkanes of at least 4 members (excludes halogenated alkanes) is 1. The summed E-state index contributed by atoms with van der Waals surface area (Å²) in [6.45, 7) is 1.19. The number of nitrogens with zero attached hydrogens (tertiary/aromatic N) is 3. The van der Waals surface area contributed by atoms with Gasteiger partial charge in [0.2, 0.25) is 0 Å². The number of para-hydroxylation sites is 1. The second-order valence-electron chi connectivity index (χ2n) is 9.93. The Kier molecular flexibility index (Phi) is 6.75. The summed E-state index contributed by atoms with van der Waals surface area (Å²) in [7, 11) is 0. The number of carbonyl (C=O) groups is 2. The van der Waals surface area contributed by atoms with Gasteiger partial charge in [-0.2, -0.15) is 0 Å². The number of aromatic nitrogens is 3. The van der Waals surface area contributed by atoms with E-state index in [2.05, 4.69) is 17.1 Å². The topological polar surface area (TPSA) is 99.2 Å². The number of hydrogen-bond acceptors (Lipinski definition) is 4. The van der Waals surface area contributed by atoms with Crippen molar-refractivity contribution in [2.75, 3.05) is 6.54 Å². The standard InChI is InChI=1S/C31H27ClN4O3/c32-21-12-9-19(10-13-21)30-26(7-3-4-8-29(37)38)34-27-17-20(11-14-25(27)35-30)31(39)36-16-15-23-22-5-1-2-6-24(22)33-28(23)18-36/h1-2,5-6,9-14,17,33H,3-4,7-8,15-16,18H2,(H,37,38). The SMILES string of the molecule is O=C(O)CCCCc1nc2cc(C(=O)N3CCc4c([nH]c5ccccc45)C3)ccc2nc1-c1ccc(Cl)cc1. The van der Waals surface area contributed by atoms with Gasteiger partial charge in [0, 0.05) is 45.7 Å². The van der Waals surface area contributed by atoms with E-state index in [4.69, 9.17) is 26.7 Å². The van der Waals surface area contributed by atoms with Crippen molar-refractivity contribution in [3.05, 3.63) is 94.3 Å². The van der Waals surface area contributed by atoms with Gasteiger partial charge in [-0.15, -0.1) is 0 Å². The van der Waals surface area contributed by atoms with Gasteiger partial charge in [-0.1, -0.05) is 41.9 Å². The third-order valence-corrected chi connectivity index (χ3v) is 7.58. The number of carboxylic acids is 1. The number of benzene rings is 3. The number of aryl methyl sites for hydroxylation is 1. The molecule has 3 heterocycles. The summed E-state index contributed by atoms with van der Waals surface area (Å²) < 4.78 is 0. The molecule has 5 aromatic rings. The smallest absolute Gasteiger partial charge is 0.303 e. The van der Waals surface area contributed by atoms with Crippen molar-refractivity contribution in [1.29, 1.82) is 0 Å². The largest absolute Gasteiger partial charge is 0.481 e. The van der Waals surface area contributed by atoms with E-state index < -0.39 is 5.97 Å². The summed E-state index contributed by atoms with van der Waals surface area (Å²) >= 11 is 6.10. The highest BCUT2D eigenvalue weighted by Crippen LogP contribution is 2.30. The van der Waals surface area contributed by atoms with Gasteiger partial charge in [-0.25, -0.2) is 9.97 Å². The summed E-state index contributed by atoms with van der Waals surface area (Å²) in [5.41, 5.74) is 7.82. The first-order chi connectivity index (χ1) is 19.0. The monoisotopic (exact) mass is 538 g/mol. The molecule has 1 aliphatic rings. The predicted molar refractivity (Wildman–Crippen MR) is 152 cm³/mol. The molecule has 39 heavy (non-hydrogen) atoms. The van der Waals surface area contributed by atoms with Crippen LogP contribution in [0.5, 0.6) is 0 Å². The van der Waals surface area contributed by atoms with Gasteiger partial charge < -0.3 is 15.0 Å². The van der Waals surface area contributed by atoms with Crippen LogP contribution in [-0.2, 0) is 24.2 Å². The Morgan fingerprint density at radius 2 is 1.79 bits per heavy atom. The molecule has 0 bridgehead atoms. The van der Waals surface area contributed by atoms with Gasteiger partial charge in [0.15, 0.2) is 0 Å². The van der Waals surface area contributed by atoms with E-state index in [0.717, 1.165) is 34.6 Å². The molecule has 2 N–H and O–H groups in total. The Hall–Kier alpha value is -4.23. The van der Waals surface area contributed by atoms with Crippen LogP contribution in [0.1, 0.15) is 46.6 Å². The van der Waals surface area contributed by atoms with Crippen LogP contribution in [0, 0.1) is 0 Å². The number of hydrogen-bond donors (Lipinski definition) is 2. The fourth-order valence-electron chi connectivity index (χ4n) is 5.35. The van der Waals surface area contributed by atoms with Crippen molar-refractivity contribution in [1.82, 2.24) is 19.9 Å². The van der Waals surface area contributed by atoms with E-state index >= 15 is 0 Å². The molecule has 0 aliphatic carbocycles. The molecule has 0 spiro atoms. The maximum atomic E-state index is 13.5. The van der Waals surface area contributed by atoms with Gasteiger partial charge in [0.05, 0.1) is 29.0 Å². The zero-order valence-corrected chi connectivity index (χ0v) is 22.0. The molecule has 7 nitrogen and oxygen atoms in total. The average molecular weight is 539 g/mol. The molecular formula is C31H27ClN4O3. The normalized spacial score (nSPS) is 13.1. The fraction of sp³-hybridized carbons (Fsp3) is 0.226. The molecule has 0 radical (unpaired) electrons. The van der Waals surface area contributed by atoms with Crippen molar-refractivity contribution in [2.24, 2.45) is 0 Å². The molecule has 0 saturated heterocycles. The highest BCUT2D eigenvalue weighted by molar-refractivity contribution is 6.30. The van der Waals surface area contributed by atoms with Crippen molar-refractivity contribution >= 4 is 45.4 Å². The number of fused-ring (bicyclic) bond motifs is 4. The summed E-state index contributed by atoms with van der Waals surface area (Å²) in [5, 5.41) is 10.9. The quantitative estimate of drug-likeness (QED) is 0.233. The van der Waals surface area contributed by atoms with Gasteiger partial charge in [0.1, 0.15) is 0 Å². The Balaban J connectivity index is 1.30. The second kappa shape index (κ2) is 10.5. The molecule has 0 atom stereocenters. The van der Waals surface area contributed by atoms with Crippen molar-refractivity contribution < 1.29 is 14.7 Å². The van der Waals surface area contributed by atoms with E-state index in [-0.39, 0.29) is 12.3 Å². The number of aliphatic carboxylic acids is 1. The van der Waals surface area contributed by atoms with Crippen molar-refractivity contribution in [3.8, 4) is 11.3 Å². The van der Waals surface area contributed by atoms with Crippen LogP contribution >= 0.6 is 11.6 Å². The molecule has 0 fully saturated rings. The molecule has 0 unspecified atom stereocenters. The predicted octanol–water partition coefficient (Wildman–Crippen LogP) is 6.43. The number of rotatable bonds is 7. The minimum Gasteiger partial charge on any atom is -0.481 e. The van der Waals surface area contributed by atoms with Gasteiger partial charge in [-0.05, 0) is 67.6 Å². The minimum absolute atomic E-state index is 0.0345. The third-order valence-electron chi connectivity index (χ3n) is 7.33. The van der Waals surface area contributed by atoms with Gasteiger partial charge >= 0.3 is 5.97 Å². The van der Waals surface area contributed by atoms with Crippen LogP contribution in [0.2, 0.25) is 5.02 Å².